The summed E-state index contributed by atoms with van der Waals surface area (Å²) in [4.78, 5) is 0. The van der Waals surface area contributed by atoms with E-state index in [0.29, 0.717) is 0 Å². The molecule has 0 bridgehead atoms. The minimum absolute atomic E-state index is 0.746. The topological polar surface area (TPSA) is 0 Å². The van der Waals surface area contributed by atoms with Crippen LogP contribution in [-0.4, -0.2) is 5.41 Å². The Balaban J connectivity index is 0.000000561. The second-order valence-electron chi connectivity index (χ2n) is 3.39. The van der Waals surface area contributed by atoms with E-state index in [4.69, 9.17) is 0 Å². The Kier molecular flexibility index (Phi) is 6.09. The van der Waals surface area contributed by atoms with Crippen LogP contribution in [0.15, 0.2) is 0 Å². The molecule has 1 atom stereocenters. The minimum atomic E-state index is -0.925. The Labute approximate surface area is 78.5 Å². The first-order valence-corrected chi connectivity index (χ1v) is 5.69. The van der Waals surface area contributed by atoms with Gasteiger partial charge in [-0.3, -0.25) is 0 Å². The Morgan fingerprint density at radius 2 is 1.75 bits per heavy atom. The lowest BCUT2D eigenvalue weighted by atomic mass is 9.86. The van der Waals surface area contributed by atoms with Crippen molar-refractivity contribution < 1.29 is 4.39 Å². The summed E-state index contributed by atoms with van der Waals surface area (Å²) in [7, 11) is 2.33. The molecule has 1 aliphatic rings. The van der Waals surface area contributed by atoms with E-state index >= 15 is 0 Å². The van der Waals surface area contributed by atoms with E-state index in [1.165, 1.54) is 6.42 Å². The molecule has 0 aromatic heterocycles. The number of hydrogen-bond donors (Lipinski definition) is 0. The lowest BCUT2D eigenvalue weighted by Gasteiger charge is -2.30. The van der Waals surface area contributed by atoms with E-state index in [1.54, 1.807) is 0 Å². The molecule has 0 radical (unpaired) electrons. The average Bonchev–Trinajstić information content (AvgIpc) is 2.08. The highest BCUT2D eigenvalue weighted by molar-refractivity contribution is 7.18. The van der Waals surface area contributed by atoms with Crippen LogP contribution >= 0.6 is 9.24 Å². The zero-order valence-electron chi connectivity index (χ0n) is 8.57. The van der Waals surface area contributed by atoms with Gasteiger partial charge in [-0.15, -0.1) is 0 Å². The van der Waals surface area contributed by atoms with Gasteiger partial charge in [-0.05, 0) is 31.6 Å². The Morgan fingerprint density at radius 3 is 2.08 bits per heavy atom. The van der Waals surface area contributed by atoms with Crippen molar-refractivity contribution in [3.63, 3.8) is 0 Å². The maximum absolute atomic E-state index is 13.1. The van der Waals surface area contributed by atoms with Crippen molar-refractivity contribution in [2.24, 2.45) is 5.92 Å². The van der Waals surface area contributed by atoms with Gasteiger partial charge in [0.2, 0.25) is 0 Å². The highest BCUT2D eigenvalue weighted by Crippen LogP contribution is 2.40. The maximum atomic E-state index is 13.1. The lowest BCUT2D eigenvalue weighted by molar-refractivity contribution is 0.172. The van der Waals surface area contributed by atoms with Crippen molar-refractivity contribution >= 4 is 9.24 Å². The van der Waals surface area contributed by atoms with E-state index < -0.39 is 5.41 Å². The molecule has 0 nitrogen and oxygen atoms in total. The SMILES string of the molecule is CC.CCC1CCC(F)(P)CC1. The summed E-state index contributed by atoms with van der Waals surface area (Å²) in [5.74, 6) is 0.796. The molecule has 12 heavy (non-hydrogen) atoms. The van der Waals surface area contributed by atoms with Gasteiger partial charge in [0.05, 0.1) is 0 Å². The van der Waals surface area contributed by atoms with Crippen LogP contribution in [0, 0.1) is 5.92 Å². The molecule has 74 valence electrons. The van der Waals surface area contributed by atoms with Gasteiger partial charge in [0.25, 0.3) is 0 Å². The number of alkyl halides is 1. The van der Waals surface area contributed by atoms with Gasteiger partial charge in [-0.2, -0.15) is 0 Å². The molecule has 0 aromatic carbocycles. The predicted octanol–water partition coefficient (Wildman–Crippen LogP) is 4.15. The molecule has 1 saturated carbocycles. The van der Waals surface area contributed by atoms with Crippen LogP contribution in [0.5, 0.6) is 0 Å². The van der Waals surface area contributed by atoms with Crippen LogP contribution in [0.2, 0.25) is 0 Å². The van der Waals surface area contributed by atoms with Gasteiger partial charge in [0.1, 0.15) is 5.41 Å². The summed E-state index contributed by atoms with van der Waals surface area (Å²) < 4.78 is 13.1. The molecule has 0 saturated heterocycles. The van der Waals surface area contributed by atoms with Gasteiger partial charge in [-0.1, -0.05) is 36.4 Å². The first-order valence-electron chi connectivity index (χ1n) is 5.12. The fourth-order valence-corrected chi connectivity index (χ4v) is 1.90. The van der Waals surface area contributed by atoms with E-state index in [0.717, 1.165) is 31.6 Å². The van der Waals surface area contributed by atoms with Crippen molar-refractivity contribution in [2.45, 2.75) is 58.3 Å². The normalized spacial score (nSPS) is 35.2. The Morgan fingerprint density at radius 1 is 1.33 bits per heavy atom. The molecule has 0 spiro atoms. The van der Waals surface area contributed by atoms with Crippen LogP contribution < -0.4 is 0 Å². The molecular weight excluding hydrogens is 170 g/mol. The van der Waals surface area contributed by atoms with Gasteiger partial charge in [-0.25, -0.2) is 4.39 Å². The fraction of sp³-hybridized carbons (Fsp3) is 1.00. The molecule has 1 aliphatic carbocycles. The van der Waals surface area contributed by atoms with E-state index in [1.807, 2.05) is 13.8 Å². The van der Waals surface area contributed by atoms with Crippen molar-refractivity contribution in [1.82, 2.24) is 0 Å². The molecule has 1 unspecified atom stereocenters. The lowest BCUT2D eigenvalue weighted by Crippen LogP contribution is -2.22. The summed E-state index contributed by atoms with van der Waals surface area (Å²) >= 11 is 0. The molecule has 0 heterocycles. The van der Waals surface area contributed by atoms with E-state index in [2.05, 4.69) is 16.2 Å². The highest BCUT2D eigenvalue weighted by atomic mass is 31.0. The van der Waals surface area contributed by atoms with Gasteiger partial charge in [0.15, 0.2) is 0 Å². The van der Waals surface area contributed by atoms with Crippen LogP contribution in [0.1, 0.15) is 52.9 Å². The summed E-state index contributed by atoms with van der Waals surface area (Å²) in [6, 6.07) is 0. The van der Waals surface area contributed by atoms with Crippen LogP contribution in [0.4, 0.5) is 4.39 Å². The predicted molar refractivity (Wildman–Crippen MR) is 57.1 cm³/mol. The fourth-order valence-electron chi connectivity index (χ4n) is 1.57. The van der Waals surface area contributed by atoms with Gasteiger partial charge >= 0.3 is 0 Å². The van der Waals surface area contributed by atoms with Gasteiger partial charge < -0.3 is 0 Å². The summed E-state index contributed by atoms with van der Waals surface area (Å²) in [5, 5.41) is -0.925. The van der Waals surface area contributed by atoms with Crippen molar-refractivity contribution in [3.8, 4) is 0 Å². The average molecular weight is 192 g/mol. The van der Waals surface area contributed by atoms with E-state index in [-0.39, 0.29) is 0 Å². The van der Waals surface area contributed by atoms with Crippen molar-refractivity contribution in [1.29, 1.82) is 0 Å². The Bertz CT molecular complexity index is 102. The zero-order valence-corrected chi connectivity index (χ0v) is 9.72. The zero-order chi connectivity index (χ0) is 9.61. The first-order chi connectivity index (χ1) is 5.64. The quantitative estimate of drug-likeness (QED) is 0.547. The maximum Gasteiger partial charge on any atom is 0.123 e. The molecule has 1 fully saturated rings. The molecule has 0 N–H and O–H groups in total. The molecule has 0 aliphatic heterocycles. The molecule has 1 rings (SSSR count). The Hall–Kier alpha value is 0.360. The monoisotopic (exact) mass is 192 g/mol. The summed E-state index contributed by atoms with van der Waals surface area (Å²) in [6.45, 7) is 6.19. The molecule has 0 amide bonds. The largest absolute Gasteiger partial charge is 0.240 e. The second-order valence-corrected chi connectivity index (χ2v) is 4.42. The summed E-state index contributed by atoms with van der Waals surface area (Å²) in [6.07, 6.45) is 4.88. The minimum Gasteiger partial charge on any atom is -0.240 e. The van der Waals surface area contributed by atoms with E-state index in [9.17, 15) is 4.39 Å². The van der Waals surface area contributed by atoms with Crippen molar-refractivity contribution in [3.05, 3.63) is 0 Å². The summed E-state index contributed by atoms with van der Waals surface area (Å²) in [5.41, 5.74) is 0. The first kappa shape index (κ1) is 12.4. The molecule has 0 aromatic rings. The highest BCUT2D eigenvalue weighted by Gasteiger charge is 2.29. The third-order valence-corrected chi connectivity index (χ3v) is 3.09. The third-order valence-electron chi connectivity index (χ3n) is 2.51. The van der Waals surface area contributed by atoms with Crippen LogP contribution in [0.25, 0.3) is 0 Å². The van der Waals surface area contributed by atoms with Crippen LogP contribution in [-0.2, 0) is 0 Å². The van der Waals surface area contributed by atoms with Crippen molar-refractivity contribution in [2.75, 3.05) is 0 Å². The second kappa shape index (κ2) is 5.91. The number of halogens is 1. The van der Waals surface area contributed by atoms with Crippen LogP contribution in [0.3, 0.4) is 0 Å². The number of hydrogen-bond acceptors (Lipinski definition) is 0. The smallest absolute Gasteiger partial charge is 0.123 e. The standard InChI is InChI=1S/C8H16FP.C2H6/c1-2-7-3-5-8(9,10)6-4-7;1-2/h7H,2-6,10H2,1H3;1-2H3. The van der Waals surface area contributed by atoms with Gasteiger partial charge in [0, 0.05) is 0 Å². The molecular formula is C10H22FP. The third kappa shape index (κ3) is 4.40. The molecule has 2 heteroatoms. The number of rotatable bonds is 1.